The number of nitro groups is 1. The van der Waals surface area contributed by atoms with E-state index in [1.165, 1.54) is 18.2 Å². The highest BCUT2D eigenvalue weighted by atomic mass is 16.6. The molecule has 0 bridgehead atoms. The van der Waals surface area contributed by atoms with Crippen molar-refractivity contribution in [3.05, 3.63) is 147 Å². The molecule has 4 aromatic carbocycles. The van der Waals surface area contributed by atoms with Crippen LogP contribution >= 0.6 is 0 Å². The van der Waals surface area contributed by atoms with Crippen LogP contribution in [0.4, 0.5) is 11.4 Å². The Kier molecular flexibility index (Phi) is 5.41. The summed E-state index contributed by atoms with van der Waals surface area (Å²) in [5, 5.41) is 11.6. The summed E-state index contributed by atoms with van der Waals surface area (Å²) >= 11 is 0. The first-order chi connectivity index (χ1) is 19.8. The first-order valence-corrected chi connectivity index (χ1v) is 13.4. The van der Waals surface area contributed by atoms with E-state index in [-0.39, 0.29) is 28.6 Å². The maximum atomic E-state index is 14.7. The summed E-state index contributed by atoms with van der Waals surface area (Å²) in [6, 6.07) is 25.9. The quantitative estimate of drug-likeness (QED) is 0.132. The van der Waals surface area contributed by atoms with Crippen LogP contribution in [0.25, 0.3) is 6.08 Å². The molecular weight excluding hydrogens is 516 g/mol. The van der Waals surface area contributed by atoms with Crippen LogP contribution in [0.15, 0.2) is 103 Å². The molecule has 3 atom stereocenters. The summed E-state index contributed by atoms with van der Waals surface area (Å²) in [6.07, 6.45) is 3.78. The van der Waals surface area contributed by atoms with Crippen molar-refractivity contribution >= 4 is 34.8 Å². The third kappa shape index (κ3) is 3.35. The summed E-state index contributed by atoms with van der Waals surface area (Å²) in [6.45, 7) is 1.95. The van der Waals surface area contributed by atoms with Crippen molar-refractivity contribution < 1.29 is 19.3 Å². The molecule has 0 N–H and O–H groups in total. The zero-order valence-corrected chi connectivity index (χ0v) is 22.1. The predicted molar refractivity (Wildman–Crippen MR) is 154 cm³/mol. The highest BCUT2D eigenvalue weighted by molar-refractivity contribution is 6.32. The molecule has 4 aromatic rings. The van der Waals surface area contributed by atoms with E-state index in [4.69, 9.17) is 0 Å². The molecule has 0 aromatic heterocycles. The largest absolute Gasteiger partial charge is 0.352 e. The van der Waals surface area contributed by atoms with E-state index in [1.54, 1.807) is 30.3 Å². The second-order valence-corrected chi connectivity index (χ2v) is 10.8. The molecule has 0 unspecified atom stereocenters. The van der Waals surface area contributed by atoms with Crippen molar-refractivity contribution in [3.8, 4) is 0 Å². The van der Waals surface area contributed by atoms with Crippen LogP contribution in [-0.2, 0) is 0 Å². The molecule has 3 aliphatic rings. The molecule has 1 saturated heterocycles. The Morgan fingerprint density at radius 2 is 1.51 bits per heavy atom. The molecule has 1 fully saturated rings. The summed E-state index contributed by atoms with van der Waals surface area (Å²) in [4.78, 5) is 56.9. The SMILES string of the molecule is Cc1ccc([C@@H]2[C@@H](C(=O)c3cccc([N+](=O)[O-])c3)N3c4ccccc4C=C[C@@H]3C23C(=O)c2ccccc2C3=O)cc1. The molecule has 0 saturated carbocycles. The van der Waals surface area contributed by atoms with Gasteiger partial charge in [-0.2, -0.15) is 0 Å². The highest BCUT2D eigenvalue weighted by Crippen LogP contribution is 2.61. The van der Waals surface area contributed by atoms with Crippen LogP contribution in [0.1, 0.15) is 53.7 Å². The lowest BCUT2D eigenvalue weighted by Gasteiger charge is -2.37. The third-order valence-corrected chi connectivity index (χ3v) is 8.76. The van der Waals surface area contributed by atoms with Gasteiger partial charge in [0.15, 0.2) is 17.3 Å². The van der Waals surface area contributed by atoms with Crippen LogP contribution < -0.4 is 4.90 Å². The van der Waals surface area contributed by atoms with Crippen LogP contribution in [0.3, 0.4) is 0 Å². The van der Waals surface area contributed by atoms with Gasteiger partial charge in [-0.25, -0.2) is 0 Å². The molecule has 200 valence electrons. The molecule has 1 spiro atoms. The minimum Gasteiger partial charge on any atom is -0.352 e. The molecule has 0 amide bonds. The standard InChI is InChI=1S/C34H24N2O5/c1-20-13-15-22(16-14-20)29-30(31(37)23-8-6-9-24(19-23)36(40)41)35-27-12-5-2-7-21(27)17-18-28(35)34(29)32(38)25-10-3-4-11-26(25)33(34)39/h2-19,28-30H,1H3/t28-,29-,30+/m1/s1. The fourth-order valence-corrected chi connectivity index (χ4v) is 7.01. The van der Waals surface area contributed by atoms with E-state index in [2.05, 4.69) is 0 Å². The van der Waals surface area contributed by atoms with Crippen LogP contribution in [0.5, 0.6) is 0 Å². The summed E-state index contributed by atoms with van der Waals surface area (Å²) in [7, 11) is 0. The number of carbonyl (C=O) groups is 3. The first kappa shape index (κ1) is 24.8. The number of carbonyl (C=O) groups excluding carboxylic acids is 3. The average Bonchev–Trinajstić information content (AvgIpc) is 3.43. The van der Waals surface area contributed by atoms with Gasteiger partial charge in [-0.15, -0.1) is 0 Å². The lowest BCUT2D eigenvalue weighted by atomic mass is 9.64. The number of fused-ring (bicyclic) bond motifs is 5. The number of non-ortho nitro benzene ring substituents is 1. The number of nitrogens with zero attached hydrogens (tertiary/aromatic N) is 2. The second-order valence-electron chi connectivity index (χ2n) is 10.8. The van der Waals surface area contributed by atoms with E-state index in [1.807, 2.05) is 72.5 Å². The Balaban J connectivity index is 1.54. The lowest BCUT2D eigenvalue weighted by molar-refractivity contribution is -0.384. The number of ketones is 3. The fourth-order valence-electron chi connectivity index (χ4n) is 7.01. The van der Waals surface area contributed by atoms with Crippen LogP contribution in [0, 0.1) is 22.5 Å². The Morgan fingerprint density at radius 3 is 2.20 bits per heavy atom. The molecule has 2 heterocycles. The zero-order valence-electron chi connectivity index (χ0n) is 22.1. The van der Waals surface area contributed by atoms with E-state index < -0.39 is 28.3 Å². The van der Waals surface area contributed by atoms with Crippen molar-refractivity contribution in [1.82, 2.24) is 0 Å². The van der Waals surface area contributed by atoms with Gasteiger partial charge in [0.25, 0.3) is 5.69 Å². The summed E-state index contributed by atoms with van der Waals surface area (Å²) < 4.78 is 0. The number of anilines is 1. The molecule has 0 radical (unpaired) electrons. The maximum absolute atomic E-state index is 14.7. The van der Waals surface area contributed by atoms with Crippen molar-refractivity contribution in [3.63, 3.8) is 0 Å². The fraction of sp³-hybridized carbons (Fsp3) is 0.147. The third-order valence-electron chi connectivity index (χ3n) is 8.76. The number of rotatable bonds is 4. The number of nitro benzene ring substituents is 1. The minimum atomic E-state index is -1.61. The molecule has 7 rings (SSSR count). The molecular formula is C34H24N2O5. The van der Waals surface area contributed by atoms with Crippen LogP contribution in [-0.4, -0.2) is 34.4 Å². The normalized spacial score (nSPS) is 21.5. The number of aryl methyl sites for hydroxylation is 1. The van der Waals surface area contributed by atoms with Gasteiger partial charge in [0.1, 0.15) is 11.5 Å². The average molecular weight is 541 g/mol. The van der Waals surface area contributed by atoms with Crippen LogP contribution in [0.2, 0.25) is 0 Å². The van der Waals surface area contributed by atoms with E-state index in [9.17, 15) is 24.5 Å². The van der Waals surface area contributed by atoms with Crippen molar-refractivity contribution in [2.45, 2.75) is 24.9 Å². The van der Waals surface area contributed by atoms with Gasteiger partial charge in [-0.1, -0.05) is 96.6 Å². The Labute approximate surface area is 235 Å². The maximum Gasteiger partial charge on any atom is 0.270 e. The molecule has 2 aliphatic heterocycles. The van der Waals surface area contributed by atoms with E-state index in [0.717, 1.165) is 16.8 Å². The van der Waals surface area contributed by atoms with Gasteiger partial charge in [-0.3, -0.25) is 24.5 Å². The monoisotopic (exact) mass is 540 g/mol. The summed E-state index contributed by atoms with van der Waals surface area (Å²) in [5.74, 6) is -1.86. The van der Waals surface area contributed by atoms with Crippen molar-refractivity contribution in [2.24, 2.45) is 5.41 Å². The van der Waals surface area contributed by atoms with Gasteiger partial charge in [0.05, 0.1) is 11.0 Å². The number of hydrogen-bond donors (Lipinski definition) is 0. The van der Waals surface area contributed by atoms with Gasteiger partial charge in [-0.05, 0) is 24.1 Å². The number of hydrogen-bond acceptors (Lipinski definition) is 6. The molecule has 7 nitrogen and oxygen atoms in total. The Bertz CT molecular complexity index is 1790. The smallest absolute Gasteiger partial charge is 0.270 e. The molecule has 1 aliphatic carbocycles. The highest BCUT2D eigenvalue weighted by Gasteiger charge is 2.71. The van der Waals surface area contributed by atoms with Gasteiger partial charge in [0.2, 0.25) is 0 Å². The second kappa shape index (κ2) is 8.93. The number of para-hydroxylation sites is 1. The molecule has 41 heavy (non-hydrogen) atoms. The number of benzene rings is 4. The predicted octanol–water partition coefficient (Wildman–Crippen LogP) is 6.22. The topological polar surface area (TPSA) is 97.6 Å². The van der Waals surface area contributed by atoms with Gasteiger partial charge < -0.3 is 4.90 Å². The Morgan fingerprint density at radius 1 is 0.854 bits per heavy atom. The zero-order chi connectivity index (χ0) is 28.5. The Hall–Kier alpha value is -5.17. The first-order valence-electron chi connectivity index (χ1n) is 13.4. The molecule has 7 heteroatoms. The van der Waals surface area contributed by atoms with E-state index >= 15 is 0 Å². The minimum absolute atomic E-state index is 0.152. The van der Waals surface area contributed by atoms with Crippen molar-refractivity contribution in [1.29, 1.82) is 0 Å². The lowest BCUT2D eigenvalue weighted by Crippen LogP contribution is -2.48. The van der Waals surface area contributed by atoms with Gasteiger partial charge in [0, 0.05) is 40.4 Å². The van der Waals surface area contributed by atoms with Crippen molar-refractivity contribution in [2.75, 3.05) is 4.90 Å². The summed E-state index contributed by atoms with van der Waals surface area (Å²) in [5.41, 5.74) is 2.32. The van der Waals surface area contributed by atoms with E-state index in [0.29, 0.717) is 16.7 Å². The van der Waals surface area contributed by atoms with Gasteiger partial charge >= 0.3 is 0 Å². The number of Topliss-reactive ketones (excluding diaryl/α,β-unsaturated/α-hetero) is 3.